The van der Waals surface area contributed by atoms with Gasteiger partial charge in [0.2, 0.25) is 0 Å². The van der Waals surface area contributed by atoms with Crippen LogP contribution in [-0.2, 0) is 58.4 Å². The number of benzene rings is 7. The van der Waals surface area contributed by atoms with Crippen LogP contribution in [0.15, 0.2) is 188 Å². The van der Waals surface area contributed by atoms with Crippen LogP contribution in [0, 0.1) is 49.7 Å². The Kier molecular flexibility index (Phi) is 16.6. The summed E-state index contributed by atoms with van der Waals surface area (Å²) in [7, 11) is 0. The van der Waals surface area contributed by atoms with Crippen LogP contribution < -0.4 is 5.34 Å². The SMILES string of the molecule is Cc1cc(OCc2ccccc2)c([C@@H]2S[C@H](COCc3ccccc3)[C@@H](OCc3ccccc3)[C@H](OCc3ccccc3)[C@H]2OCc2ccccc2)cc1Cc1cc[c]([RaH])cc1. The maximum absolute atomic E-state index is 7.25. The molecule has 0 unspecified atom stereocenters. The third-order valence-corrected chi connectivity index (χ3v) is 15.7. The molecule has 1 saturated heterocycles. The van der Waals surface area contributed by atoms with E-state index in [4.69, 9.17) is 23.7 Å². The first kappa shape index (κ1) is 44.6. The van der Waals surface area contributed by atoms with Gasteiger partial charge in [-0.25, -0.2) is 0 Å². The van der Waals surface area contributed by atoms with E-state index in [0.29, 0.717) is 82.4 Å². The van der Waals surface area contributed by atoms with Gasteiger partial charge in [-0.05, 0) is 22.3 Å². The zero-order chi connectivity index (χ0) is 42.4. The number of aryl methyl sites for hydroxylation is 1. The van der Waals surface area contributed by atoms with Crippen LogP contribution in [0.2, 0.25) is 0 Å². The van der Waals surface area contributed by atoms with Gasteiger partial charge in [0.25, 0.3) is 0 Å². The van der Waals surface area contributed by atoms with E-state index in [-0.39, 0.29) is 16.6 Å². The molecular formula is C55H54O5RaS. The Morgan fingerprint density at radius 3 is 1.44 bits per heavy atom. The summed E-state index contributed by atoms with van der Waals surface area (Å²) >= 11 is 2.17. The molecule has 0 aliphatic carbocycles. The summed E-state index contributed by atoms with van der Waals surface area (Å²) in [6, 6.07) is 65.8. The number of thioether (sulfide) groups is 1. The molecule has 7 heteroatoms. The van der Waals surface area contributed by atoms with Gasteiger partial charge in [0, 0.05) is 0 Å². The van der Waals surface area contributed by atoms with E-state index in [1.54, 1.807) is 0 Å². The summed E-state index contributed by atoms with van der Waals surface area (Å²) in [5, 5.41) is -0.306. The minimum atomic E-state index is -0.463. The zero-order valence-corrected chi connectivity index (χ0v) is 44.7. The van der Waals surface area contributed by atoms with E-state index in [1.165, 1.54) is 17.3 Å². The van der Waals surface area contributed by atoms with E-state index in [0.717, 1.165) is 45.6 Å². The summed E-state index contributed by atoms with van der Waals surface area (Å²) in [4.78, 5) is 0. The van der Waals surface area contributed by atoms with Crippen LogP contribution in [0.4, 0.5) is 0 Å². The number of hydrogen-bond acceptors (Lipinski definition) is 6. The summed E-state index contributed by atoms with van der Waals surface area (Å²) < 4.78 is 36.5. The molecule has 0 N–H and O–H groups in total. The molecular weight excluding hydrogens is 999 g/mol. The molecule has 0 spiro atoms. The molecule has 0 aromatic heterocycles. The summed E-state index contributed by atoms with van der Waals surface area (Å²) in [6.45, 7) is 4.87. The van der Waals surface area contributed by atoms with E-state index < -0.39 is 12.2 Å². The molecule has 0 amide bonds. The Labute approximate surface area is 400 Å². The Bertz CT molecular complexity index is 2380. The van der Waals surface area contributed by atoms with Crippen LogP contribution in [0.1, 0.15) is 55.3 Å². The van der Waals surface area contributed by atoms with Gasteiger partial charge >= 0.3 is 201 Å². The molecule has 7 aromatic rings. The van der Waals surface area contributed by atoms with Crippen LogP contribution in [0.5, 0.6) is 5.75 Å². The van der Waals surface area contributed by atoms with Crippen molar-refractivity contribution in [3.63, 3.8) is 0 Å². The van der Waals surface area contributed by atoms with Gasteiger partial charge in [0.1, 0.15) is 0 Å². The van der Waals surface area contributed by atoms with Crippen LogP contribution in [-0.4, -0.2) is 30.2 Å². The third-order valence-electron chi connectivity index (χ3n) is 11.4. The van der Waals surface area contributed by atoms with Crippen molar-refractivity contribution in [1.82, 2.24) is 0 Å². The fourth-order valence-electron chi connectivity index (χ4n) is 7.98. The Hall–Kier alpha value is -4.00. The minimum absolute atomic E-state index is 0.111. The average molecular weight is 1050 g/mol. The van der Waals surface area contributed by atoms with E-state index in [2.05, 4.69) is 165 Å². The van der Waals surface area contributed by atoms with Gasteiger partial charge in [-0.2, -0.15) is 0 Å². The van der Waals surface area contributed by atoms with Gasteiger partial charge in [-0.15, -0.1) is 0 Å². The predicted molar refractivity (Wildman–Crippen MR) is 248 cm³/mol. The van der Waals surface area contributed by atoms with Crippen molar-refractivity contribution in [3.8, 4) is 5.75 Å². The second-order valence-corrected chi connectivity index (χ2v) is 22.3. The maximum atomic E-state index is 7.25. The van der Waals surface area contributed by atoms with Crippen LogP contribution in [0.25, 0.3) is 0 Å². The number of ether oxygens (including phenoxy) is 5. The topological polar surface area (TPSA) is 46.2 Å². The summed E-state index contributed by atoms with van der Waals surface area (Å²) in [5.41, 5.74) is 10.4. The van der Waals surface area contributed by atoms with Crippen molar-refractivity contribution in [2.45, 2.75) is 75.2 Å². The molecule has 1 heterocycles. The van der Waals surface area contributed by atoms with Crippen molar-refractivity contribution in [3.05, 3.63) is 238 Å². The van der Waals surface area contributed by atoms with E-state index in [1.807, 2.05) is 42.1 Å². The molecule has 8 rings (SSSR count). The second kappa shape index (κ2) is 23.1. The first-order chi connectivity index (χ1) is 30.6. The Balaban J connectivity index is 1.23. The molecule has 0 bridgehead atoms. The van der Waals surface area contributed by atoms with Crippen molar-refractivity contribution in [2.24, 2.45) is 0 Å². The van der Waals surface area contributed by atoms with Gasteiger partial charge in [-0.3, -0.25) is 0 Å². The fraction of sp³-hybridized carbons (Fsp3) is 0.236. The summed E-state index contributed by atoms with van der Waals surface area (Å²) in [5.74, 6) is 0.856. The van der Waals surface area contributed by atoms with Crippen molar-refractivity contribution < 1.29 is 66.5 Å². The van der Waals surface area contributed by atoms with Gasteiger partial charge in [0.15, 0.2) is 0 Å². The molecule has 1 fully saturated rings. The molecule has 1 aliphatic rings. The van der Waals surface area contributed by atoms with Gasteiger partial charge < -0.3 is 9.47 Å². The predicted octanol–water partition coefficient (Wildman–Crippen LogP) is 11.2. The first-order valence-electron chi connectivity index (χ1n) is 21.6. The Morgan fingerprint density at radius 1 is 0.468 bits per heavy atom. The molecule has 7 aromatic carbocycles. The van der Waals surface area contributed by atoms with E-state index >= 15 is 0 Å². The standard InChI is InChI=1S/C55H53O5S.Ra.H/c1-41-32-50(57-36-44-24-12-4-13-25-44)49(34-48(41)33-42-20-8-2-9-21-42)55-54(60-39-47-30-18-7-19-31-47)53(59-38-46-28-16-6-17-29-46)52(58-37-45-26-14-5-15-27-45)51(61-55)40-56-35-43-22-10-3-11-23-43;;/h3-32,34,51-55H,33,35-40H2,1H3;;/t51-,52-,53+,54-,55+;;/m1../s1. The van der Waals surface area contributed by atoms with Crippen molar-refractivity contribution in [2.75, 3.05) is 6.61 Å². The second-order valence-electron chi connectivity index (χ2n) is 16.1. The first-order valence-corrected chi connectivity index (χ1v) is 26.7. The number of hydrogen-bond donors (Lipinski definition) is 0. The monoisotopic (exact) mass is 1050 g/mol. The number of rotatable bonds is 19. The Morgan fingerprint density at radius 2 is 0.919 bits per heavy atom. The normalized spacial score (nSPS) is 18.6. The van der Waals surface area contributed by atoms with Gasteiger partial charge in [0.05, 0.1) is 19.8 Å². The molecule has 5 nitrogen and oxygen atoms in total. The third kappa shape index (κ3) is 12.6. The molecule has 312 valence electrons. The van der Waals surface area contributed by atoms with Crippen LogP contribution >= 0.6 is 11.8 Å². The van der Waals surface area contributed by atoms with Crippen molar-refractivity contribution in [1.29, 1.82) is 0 Å². The molecule has 62 heavy (non-hydrogen) atoms. The van der Waals surface area contributed by atoms with Crippen molar-refractivity contribution >= 4 is 12.4 Å². The summed E-state index contributed by atoms with van der Waals surface area (Å²) in [6.07, 6.45) is -0.427. The van der Waals surface area contributed by atoms with Gasteiger partial charge in [-0.1, -0.05) is 152 Å². The molecule has 5 atom stereocenters. The molecule has 0 saturated carbocycles. The average Bonchev–Trinajstić information content (AvgIpc) is 3.32. The fourth-order valence-corrected chi connectivity index (χ4v) is 11.0. The van der Waals surface area contributed by atoms with Crippen LogP contribution in [0.3, 0.4) is 0 Å². The quantitative estimate of drug-likeness (QED) is 0.0804. The molecule has 1 aliphatic heterocycles. The van der Waals surface area contributed by atoms with E-state index in [9.17, 15) is 0 Å². The zero-order valence-electron chi connectivity index (χ0n) is 35.7. The molecule has 0 radical (unpaired) electrons.